The van der Waals surface area contributed by atoms with Gasteiger partial charge in [-0.15, -0.1) is 0 Å². The van der Waals surface area contributed by atoms with Crippen LogP contribution in [0.15, 0.2) is 16.6 Å². The van der Waals surface area contributed by atoms with Gasteiger partial charge in [0.1, 0.15) is 10.8 Å². The Morgan fingerprint density at radius 1 is 1.79 bits per heavy atom. The predicted octanol–water partition coefficient (Wildman–Crippen LogP) is 1.20. The number of hydrogen-bond acceptors (Lipinski definition) is 4. The highest BCUT2D eigenvalue weighted by Gasteiger charge is 2.23. The van der Waals surface area contributed by atoms with Crippen molar-refractivity contribution in [3.63, 3.8) is 0 Å². The summed E-state index contributed by atoms with van der Waals surface area (Å²) >= 11 is 3.39. The highest BCUT2D eigenvalue weighted by Crippen LogP contribution is 2.27. The number of nitrogens with two attached hydrogens (primary N) is 1. The van der Waals surface area contributed by atoms with Gasteiger partial charge in [-0.3, -0.25) is 9.79 Å². The van der Waals surface area contributed by atoms with Gasteiger partial charge in [-0.05, 0) is 11.6 Å². The van der Waals surface area contributed by atoms with E-state index in [2.05, 4.69) is 25.7 Å². The van der Waals surface area contributed by atoms with E-state index in [-0.39, 0.29) is 23.3 Å². The van der Waals surface area contributed by atoms with Crippen molar-refractivity contribution in [1.82, 2.24) is 0 Å². The molecule has 0 saturated heterocycles. The maximum Gasteiger partial charge on any atom is 0.309 e. The molecule has 0 aliphatic carbocycles. The van der Waals surface area contributed by atoms with Crippen molar-refractivity contribution >= 4 is 27.7 Å². The number of carbonyl (C=O) groups excluding carboxylic acids is 1. The van der Waals surface area contributed by atoms with Crippen LogP contribution < -0.4 is 5.73 Å². The van der Waals surface area contributed by atoms with Gasteiger partial charge in [0, 0.05) is 5.92 Å². The molecule has 1 heterocycles. The number of hydrogen-bond donors (Lipinski definition) is 1. The molecule has 1 aliphatic heterocycles. The SMILES string of the molecule is COC(=O)CC1=CC(N)=NC(Br)[C@@H]1C. The molecule has 2 N–H and O–H groups in total. The Morgan fingerprint density at radius 2 is 2.43 bits per heavy atom. The average molecular weight is 261 g/mol. The van der Waals surface area contributed by atoms with Gasteiger partial charge in [-0.2, -0.15) is 0 Å². The monoisotopic (exact) mass is 260 g/mol. The summed E-state index contributed by atoms with van der Waals surface area (Å²) in [6.45, 7) is 1.99. The molecule has 1 rings (SSSR count). The van der Waals surface area contributed by atoms with Crippen LogP contribution in [0.2, 0.25) is 0 Å². The lowest BCUT2D eigenvalue weighted by atomic mass is 9.95. The van der Waals surface area contributed by atoms with Crippen LogP contribution in [0.25, 0.3) is 0 Å². The van der Waals surface area contributed by atoms with E-state index in [4.69, 9.17) is 5.73 Å². The molecule has 0 fully saturated rings. The van der Waals surface area contributed by atoms with E-state index in [0.717, 1.165) is 5.57 Å². The number of rotatable bonds is 2. The van der Waals surface area contributed by atoms with E-state index in [1.807, 2.05) is 6.92 Å². The van der Waals surface area contributed by atoms with Gasteiger partial charge in [-0.1, -0.05) is 22.9 Å². The second-order valence-electron chi connectivity index (χ2n) is 3.19. The number of dihydropyridines is 1. The fourth-order valence-corrected chi connectivity index (χ4v) is 1.82. The Balaban J connectivity index is 2.76. The van der Waals surface area contributed by atoms with Crippen LogP contribution in [0.4, 0.5) is 0 Å². The molecule has 0 aromatic rings. The van der Waals surface area contributed by atoms with E-state index in [1.54, 1.807) is 6.08 Å². The van der Waals surface area contributed by atoms with Crippen molar-refractivity contribution in [2.24, 2.45) is 16.6 Å². The molecule has 2 atom stereocenters. The molecule has 1 unspecified atom stereocenters. The summed E-state index contributed by atoms with van der Waals surface area (Å²) < 4.78 is 4.60. The fraction of sp³-hybridized carbons (Fsp3) is 0.556. The van der Waals surface area contributed by atoms with E-state index >= 15 is 0 Å². The van der Waals surface area contributed by atoms with Gasteiger partial charge in [0.2, 0.25) is 0 Å². The first-order chi connectivity index (χ1) is 6.54. The van der Waals surface area contributed by atoms with Crippen LogP contribution in [0.3, 0.4) is 0 Å². The predicted molar refractivity (Wildman–Crippen MR) is 58.2 cm³/mol. The van der Waals surface area contributed by atoms with Gasteiger partial charge in [0.25, 0.3) is 0 Å². The number of carbonyl (C=O) groups is 1. The minimum absolute atomic E-state index is 0.0489. The molecule has 4 nitrogen and oxygen atoms in total. The number of aliphatic imine (C=N–C) groups is 1. The number of amidine groups is 1. The molecule has 1 aliphatic rings. The van der Waals surface area contributed by atoms with E-state index in [1.165, 1.54) is 7.11 Å². The molecular formula is C9H13BrN2O2. The smallest absolute Gasteiger partial charge is 0.309 e. The number of alkyl halides is 1. The van der Waals surface area contributed by atoms with Crippen molar-refractivity contribution < 1.29 is 9.53 Å². The van der Waals surface area contributed by atoms with Crippen LogP contribution in [-0.4, -0.2) is 23.9 Å². The summed E-state index contributed by atoms with van der Waals surface area (Å²) in [5.41, 5.74) is 6.54. The van der Waals surface area contributed by atoms with Gasteiger partial charge < -0.3 is 10.5 Å². The van der Waals surface area contributed by atoms with Crippen LogP contribution in [0.1, 0.15) is 13.3 Å². The van der Waals surface area contributed by atoms with Crippen molar-refractivity contribution in [1.29, 1.82) is 0 Å². The third kappa shape index (κ3) is 2.57. The lowest BCUT2D eigenvalue weighted by molar-refractivity contribution is -0.139. The highest BCUT2D eigenvalue weighted by atomic mass is 79.9. The summed E-state index contributed by atoms with van der Waals surface area (Å²) in [7, 11) is 1.37. The molecule has 0 amide bonds. The van der Waals surface area contributed by atoms with E-state index in [9.17, 15) is 4.79 Å². The normalized spacial score (nSPS) is 26.5. The Labute approximate surface area is 91.3 Å². The minimum atomic E-state index is -0.252. The number of ether oxygens (including phenoxy) is 1. The first-order valence-corrected chi connectivity index (χ1v) is 5.20. The lowest BCUT2D eigenvalue weighted by Gasteiger charge is -2.22. The molecule has 0 saturated carbocycles. The van der Waals surface area contributed by atoms with Crippen LogP contribution in [-0.2, 0) is 9.53 Å². The molecular weight excluding hydrogens is 248 g/mol. The van der Waals surface area contributed by atoms with Crippen molar-refractivity contribution in [2.45, 2.75) is 18.3 Å². The molecule has 5 heteroatoms. The average Bonchev–Trinajstić information content (AvgIpc) is 2.13. The number of esters is 1. The van der Waals surface area contributed by atoms with Crippen molar-refractivity contribution in [3.05, 3.63) is 11.6 Å². The topological polar surface area (TPSA) is 64.7 Å². The third-order valence-corrected chi connectivity index (χ3v) is 3.18. The second-order valence-corrected chi connectivity index (χ2v) is 4.13. The molecule has 0 aromatic carbocycles. The first-order valence-electron chi connectivity index (χ1n) is 4.29. The van der Waals surface area contributed by atoms with E-state index in [0.29, 0.717) is 5.84 Å². The molecule has 0 radical (unpaired) electrons. The second kappa shape index (κ2) is 4.59. The molecule has 0 bridgehead atoms. The van der Waals surface area contributed by atoms with Crippen LogP contribution >= 0.6 is 15.9 Å². The largest absolute Gasteiger partial charge is 0.469 e. The van der Waals surface area contributed by atoms with Crippen LogP contribution in [0.5, 0.6) is 0 Å². The zero-order valence-corrected chi connectivity index (χ0v) is 9.74. The molecule has 0 aromatic heterocycles. The number of halogens is 1. The zero-order chi connectivity index (χ0) is 10.7. The standard InChI is InChI=1S/C9H13BrN2O2/c1-5-6(4-8(13)14-2)3-7(11)12-9(5)10/h3,5,9H,4H2,1-2H3,(H2,11,12)/t5-,9?/m1/s1. The van der Waals surface area contributed by atoms with Crippen LogP contribution in [0, 0.1) is 5.92 Å². The summed E-state index contributed by atoms with van der Waals surface area (Å²) in [4.78, 5) is 15.2. The quantitative estimate of drug-likeness (QED) is 0.461. The fourth-order valence-electron chi connectivity index (χ4n) is 1.24. The molecule has 0 spiro atoms. The summed E-state index contributed by atoms with van der Waals surface area (Å²) in [6.07, 6.45) is 2.01. The van der Waals surface area contributed by atoms with Gasteiger partial charge >= 0.3 is 5.97 Å². The van der Waals surface area contributed by atoms with E-state index < -0.39 is 0 Å². The minimum Gasteiger partial charge on any atom is -0.469 e. The Hall–Kier alpha value is -0.840. The van der Waals surface area contributed by atoms with Crippen molar-refractivity contribution in [3.8, 4) is 0 Å². The maximum absolute atomic E-state index is 11.1. The summed E-state index contributed by atoms with van der Waals surface area (Å²) in [5, 5.41) is 0. The molecule has 78 valence electrons. The van der Waals surface area contributed by atoms with Gasteiger partial charge in [0.15, 0.2) is 0 Å². The highest BCUT2D eigenvalue weighted by molar-refractivity contribution is 9.09. The number of methoxy groups -OCH3 is 1. The van der Waals surface area contributed by atoms with Gasteiger partial charge in [0.05, 0.1) is 13.5 Å². The third-order valence-electron chi connectivity index (χ3n) is 2.18. The Bertz CT molecular complexity index is 299. The maximum atomic E-state index is 11.1. The zero-order valence-electron chi connectivity index (χ0n) is 8.16. The Kier molecular flexibility index (Phi) is 3.69. The lowest BCUT2D eigenvalue weighted by Crippen LogP contribution is -2.25. The summed E-state index contributed by atoms with van der Waals surface area (Å²) in [6, 6.07) is 0. The van der Waals surface area contributed by atoms with Gasteiger partial charge in [-0.25, -0.2) is 0 Å². The molecule has 14 heavy (non-hydrogen) atoms. The Morgan fingerprint density at radius 3 is 3.00 bits per heavy atom. The summed E-state index contributed by atoms with van der Waals surface area (Å²) in [5.74, 6) is 0.364. The van der Waals surface area contributed by atoms with Crippen molar-refractivity contribution in [2.75, 3.05) is 7.11 Å². The first kappa shape index (κ1) is 11.2. The number of nitrogens with zero attached hydrogens (tertiary/aromatic N) is 1.